The normalized spacial score (nSPS) is 24.4. The molecule has 102 valence electrons. The van der Waals surface area contributed by atoms with Crippen molar-refractivity contribution in [2.75, 3.05) is 0 Å². The number of aliphatic carboxylic acids is 1. The fraction of sp³-hybridized carbons (Fsp3) is 0.294. The second-order valence-electron chi connectivity index (χ2n) is 5.39. The molecule has 1 N–H and O–H groups in total. The fourth-order valence-electron chi connectivity index (χ4n) is 2.89. The largest absolute Gasteiger partial charge is 0.481 e. The second kappa shape index (κ2) is 4.75. The maximum Gasteiger partial charge on any atom is 0.310 e. The number of nitrogens with zero attached hydrogens (tertiary/aromatic N) is 1. The van der Waals surface area contributed by atoms with E-state index in [4.69, 9.17) is 0 Å². The predicted molar refractivity (Wildman–Crippen MR) is 77.4 cm³/mol. The number of carboxylic acid groups (broad SMARTS) is 1. The molecule has 1 aromatic carbocycles. The van der Waals surface area contributed by atoms with Gasteiger partial charge in [0.15, 0.2) is 0 Å². The number of benzene rings is 1. The lowest BCUT2D eigenvalue weighted by atomic mass is 9.98. The average Bonchev–Trinajstić information content (AvgIpc) is 3.25. The number of hydrogen-bond acceptors (Lipinski definition) is 2. The maximum absolute atomic E-state index is 11.4. The van der Waals surface area contributed by atoms with Gasteiger partial charge in [-0.15, -0.1) is 0 Å². The molecule has 1 aliphatic rings. The molecular weight excluding hydrogens is 250 g/mol. The standard InChI is InChI=1S/C17H17NO2/c1-2-17(16(19)20)11-13(17)15-10-6-9-14(18-15)12-7-4-3-5-8-12/h3-10,13H,2,11H2,1H3,(H,19,20)/t13-,17-/m1/s1. The van der Waals surface area contributed by atoms with Crippen LogP contribution in [-0.2, 0) is 4.79 Å². The van der Waals surface area contributed by atoms with Crippen molar-refractivity contribution < 1.29 is 9.90 Å². The number of carbonyl (C=O) groups is 1. The van der Waals surface area contributed by atoms with E-state index in [1.54, 1.807) is 0 Å². The Kier molecular flexibility index (Phi) is 3.05. The van der Waals surface area contributed by atoms with Gasteiger partial charge in [-0.05, 0) is 25.0 Å². The Hall–Kier alpha value is -2.16. The van der Waals surface area contributed by atoms with Crippen molar-refractivity contribution in [1.82, 2.24) is 4.98 Å². The van der Waals surface area contributed by atoms with Gasteiger partial charge >= 0.3 is 5.97 Å². The summed E-state index contributed by atoms with van der Waals surface area (Å²) >= 11 is 0. The van der Waals surface area contributed by atoms with E-state index in [0.717, 1.165) is 17.0 Å². The van der Waals surface area contributed by atoms with Crippen LogP contribution in [-0.4, -0.2) is 16.1 Å². The summed E-state index contributed by atoms with van der Waals surface area (Å²) in [6, 6.07) is 15.8. The monoisotopic (exact) mass is 267 g/mol. The van der Waals surface area contributed by atoms with Crippen LogP contribution in [0.2, 0.25) is 0 Å². The highest BCUT2D eigenvalue weighted by atomic mass is 16.4. The van der Waals surface area contributed by atoms with Gasteiger partial charge in [0, 0.05) is 17.2 Å². The molecule has 1 heterocycles. The van der Waals surface area contributed by atoms with Crippen LogP contribution in [0.15, 0.2) is 48.5 Å². The molecule has 1 aliphatic carbocycles. The van der Waals surface area contributed by atoms with Gasteiger partial charge < -0.3 is 5.11 Å². The molecule has 1 aromatic heterocycles. The summed E-state index contributed by atoms with van der Waals surface area (Å²) in [6.07, 6.45) is 1.36. The Labute approximate surface area is 118 Å². The molecule has 20 heavy (non-hydrogen) atoms. The van der Waals surface area contributed by atoms with Gasteiger partial charge in [-0.1, -0.05) is 43.3 Å². The zero-order valence-corrected chi connectivity index (χ0v) is 11.4. The predicted octanol–water partition coefficient (Wildman–Crippen LogP) is 3.72. The summed E-state index contributed by atoms with van der Waals surface area (Å²) in [6.45, 7) is 1.94. The van der Waals surface area contributed by atoms with Crippen LogP contribution in [0.25, 0.3) is 11.3 Å². The lowest BCUT2D eigenvalue weighted by Crippen LogP contribution is -2.16. The molecule has 1 fully saturated rings. The van der Waals surface area contributed by atoms with E-state index in [2.05, 4.69) is 4.98 Å². The van der Waals surface area contributed by atoms with Crippen LogP contribution in [0.3, 0.4) is 0 Å². The Morgan fingerprint density at radius 1 is 1.25 bits per heavy atom. The summed E-state index contributed by atoms with van der Waals surface area (Å²) in [5.41, 5.74) is 2.27. The highest BCUT2D eigenvalue weighted by molar-refractivity contribution is 5.80. The molecule has 0 spiro atoms. The van der Waals surface area contributed by atoms with Gasteiger partial charge in [0.05, 0.1) is 11.1 Å². The lowest BCUT2D eigenvalue weighted by molar-refractivity contribution is -0.143. The highest BCUT2D eigenvalue weighted by Crippen LogP contribution is 2.61. The molecule has 0 unspecified atom stereocenters. The van der Waals surface area contributed by atoms with E-state index in [9.17, 15) is 9.90 Å². The van der Waals surface area contributed by atoms with Crippen molar-refractivity contribution in [1.29, 1.82) is 0 Å². The molecule has 0 aliphatic heterocycles. The topological polar surface area (TPSA) is 50.2 Å². The molecule has 3 rings (SSSR count). The molecule has 2 atom stereocenters. The quantitative estimate of drug-likeness (QED) is 0.918. The first-order valence-corrected chi connectivity index (χ1v) is 6.93. The van der Waals surface area contributed by atoms with E-state index in [0.29, 0.717) is 12.8 Å². The van der Waals surface area contributed by atoms with Crippen molar-refractivity contribution in [3.63, 3.8) is 0 Å². The summed E-state index contributed by atoms with van der Waals surface area (Å²) in [4.78, 5) is 16.1. The molecular formula is C17H17NO2. The minimum Gasteiger partial charge on any atom is -0.481 e. The Bertz CT molecular complexity index is 638. The number of aromatic nitrogens is 1. The summed E-state index contributed by atoms with van der Waals surface area (Å²) in [5.74, 6) is -0.648. The molecule has 3 nitrogen and oxygen atoms in total. The van der Waals surface area contributed by atoms with Crippen LogP contribution in [0.5, 0.6) is 0 Å². The van der Waals surface area contributed by atoms with Gasteiger partial charge in [-0.25, -0.2) is 0 Å². The zero-order chi connectivity index (χ0) is 14.2. The molecule has 0 amide bonds. The van der Waals surface area contributed by atoms with Gasteiger partial charge in [0.2, 0.25) is 0 Å². The van der Waals surface area contributed by atoms with Gasteiger partial charge in [0.25, 0.3) is 0 Å². The first kappa shape index (κ1) is 12.9. The van der Waals surface area contributed by atoms with E-state index in [-0.39, 0.29) is 5.92 Å². The lowest BCUT2D eigenvalue weighted by Gasteiger charge is -2.09. The van der Waals surface area contributed by atoms with Crippen LogP contribution >= 0.6 is 0 Å². The van der Waals surface area contributed by atoms with E-state index >= 15 is 0 Å². The average molecular weight is 267 g/mol. The minimum atomic E-state index is -0.697. The summed E-state index contributed by atoms with van der Waals surface area (Å²) in [7, 11) is 0. The smallest absolute Gasteiger partial charge is 0.310 e. The fourth-order valence-corrected chi connectivity index (χ4v) is 2.89. The third-order valence-corrected chi connectivity index (χ3v) is 4.33. The number of carboxylic acids is 1. The number of hydrogen-bond donors (Lipinski definition) is 1. The Morgan fingerprint density at radius 2 is 2.00 bits per heavy atom. The molecule has 0 bridgehead atoms. The summed E-state index contributed by atoms with van der Waals surface area (Å²) < 4.78 is 0. The third kappa shape index (κ3) is 1.99. The minimum absolute atomic E-state index is 0.0497. The van der Waals surface area contributed by atoms with Gasteiger partial charge in [-0.3, -0.25) is 9.78 Å². The molecule has 0 saturated heterocycles. The Morgan fingerprint density at radius 3 is 2.60 bits per heavy atom. The first-order chi connectivity index (χ1) is 9.67. The third-order valence-electron chi connectivity index (χ3n) is 4.33. The van der Waals surface area contributed by atoms with E-state index < -0.39 is 11.4 Å². The molecule has 3 heteroatoms. The maximum atomic E-state index is 11.4. The van der Waals surface area contributed by atoms with Crippen molar-refractivity contribution in [2.45, 2.75) is 25.7 Å². The summed E-state index contributed by atoms with van der Waals surface area (Å²) in [5, 5.41) is 9.39. The van der Waals surface area contributed by atoms with Gasteiger partial charge in [0.1, 0.15) is 0 Å². The van der Waals surface area contributed by atoms with Crippen molar-refractivity contribution in [3.05, 3.63) is 54.2 Å². The molecule has 0 radical (unpaired) electrons. The number of pyridine rings is 1. The zero-order valence-electron chi connectivity index (χ0n) is 11.4. The second-order valence-corrected chi connectivity index (χ2v) is 5.39. The van der Waals surface area contributed by atoms with E-state index in [1.165, 1.54) is 0 Å². The van der Waals surface area contributed by atoms with Crippen LogP contribution in [0.4, 0.5) is 0 Å². The van der Waals surface area contributed by atoms with Crippen LogP contribution in [0, 0.1) is 5.41 Å². The van der Waals surface area contributed by atoms with Crippen LogP contribution in [0.1, 0.15) is 31.4 Å². The van der Waals surface area contributed by atoms with Crippen molar-refractivity contribution in [3.8, 4) is 11.3 Å². The first-order valence-electron chi connectivity index (χ1n) is 6.93. The Balaban J connectivity index is 1.93. The van der Waals surface area contributed by atoms with Gasteiger partial charge in [-0.2, -0.15) is 0 Å². The molecule has 1 saturated carbocycles. The van der Waals surface area contributed by atoms with Crippen molar-refractivity contribution in [2.24, 2.45) is 5.41 Å². The van der Waals surface area contributed by atoms with E-state index in [1.807, 2.05) is 55.5 Å². The van der Waals surface area contributed by atoms with Crippen molar-refractivity contribution >= 4 is 5.97 Å². The number of rotatable bonds is 4. The highest BCUT2D eigenvalue weighted by Gasteiger charge is 2.60. The SMILES string of the molecule is CC[C@@]1(C(=O)O)C[C@@H]1c1cccc(-c2ccccc2)n1. The molecule has 2 aromatic rings. The van der Waals surface area contributed by atoms with Crippen LogP contribution < -0.4 is 0 Å².